The zero-order chi connectivity index (χ0) is 15.2. The van der Waals surface area contributed by atoms with Crippen LogP contribution in [-0.2, 0) is 4.79 Å². The highest BCUT2D eigenvalue weighted by Gasteiger charge is 2.23. The number of nitrogens with zero attached hydrogens (tertiary/aromatic N) is 1. The molecule has 1 fully saturated rings. The van der Waals surface area contributed by atoms with Crippen LogP contribution in [0.25, 0.3) is 0 Å². The lowest BCUT2D eigenvalue weighted by molar-refractivity contribution is -0.117. The topological polar surface area (TPSA) is 44.4 Å². The monoisotopic (exact) mass is 325 g/mol. The lowest BCUT2D eigenvalue weighted by Crippen LogP contribution is -2.42. The molecule has 124 valence electrons. The Morgan fingerprint density at radius 3 is 2.73 bits per heavy atom. The lowest BCUT2D eigenvalue weighted by atomic mass is 10.1. The van der Waals surface area contributed by atoms with E-state index in [-0.39, 0.29) is 18.3 Å². The van der Waals surface area contributed by atoms with Gasteiger partial charge in [0.05, 0.1) is 6.54 Å². The summed E-state index contributed by atoms with van der Waals surface area (Å²) in [5, 5.41) is 6.40. The maximum absolute atomic E-state index is 12.3. The van der Waals surface area contributed by atoms with E-state index in [0.717, 1.165) is 38.2 Å². The number of rotatable bonds is 6. The number of hydrogen-bond donors (Lipinski definition) is 2. The van der Waals surface area contributed by atoms with Crippen molar-refractivity contribution in [3.05, 3.63) is 29.3 Å². The molecule has 5 heteroatoms. The van der Waals surface area contributed by atoms with Crippen LogP contribution >= 0.6 is 12.4 Å². The Labute approximate surface area is 140 Å². The number of halogens is 1. The summed E-state index contributed by atoms with van der Waals surface area (Å²) < 4.78 is 0. The van der Waals surface area contributed by atoms with Crippen molar-refractivity contribution in [3.8, 4) is 0 Å². The number of aryl methyl sites for hydroxylation is 2. The molecule has 1 aromatic carbocycles. The Bertz CT molecular complexity index is 487. The van der Waals surface area contributed by atoms with Crippen LogP contribution in [-0.4, -0.2) is 43.0 Å². The minimum atomic E-state index is 0. The molecule has 4 nitrogen and oxygen atoms in total. The first-order valence-electron chi connectivity index (χ1n) is 7.92. The number of carbonyl (C=O) groups excluding carboxylic acids is 1. The van der Waals surface area contributed by atoms with Gasteiger partial charge in [-0.25, -0.2) is 0 Å². The Hall–Kier alpha value is -1.10. The molecule has 1 amide bonds. The Morgan fingerprint density at radius 1 is 1.36 bits per heavy atom. The largest absolute Gasteiger partial charge is 0.325 e. The van der Waals surface area contributed by atoms with Crippen LogP contribution in [0.1, 0.15) is 30.9 Å². The summed E-state index contributed by atoms with van der Waals surface area (Å²) in [7, 11) is 0. The van der Waals surface area contributed by atoms with Gasteiger partial charge in [-0.2, -0.15) is 0 Å². The van der Waals surface area contributed by atoms with E-state index < -0.39 is 0 Å². The van der Waals surface area contributed by atoms with Gasteiger partial charge in [-0.1, -0.05) is 13.0 Å². The van der Waals surface area contributed by atoms with E-state index in [4.69, 9.17) is 0 Å². The van der Waals surface area contributed by atoms with Gasteiger partial charge in [0.15, 0.2) is 0 Å². The van der Waals surface area contributed by atoms with Gasteiger partial charge < -0.3 is 10.6 Å². The number of anilines is 1. The predicted molar refractivity (Wildman–Crippen MR) is 94.9 cm³/mol. The fourth-order valence-electron chi connectivity index (χ4n) is 2.83. The van der Waals surface area contributed by atoms with Crippen molar-refractivity contribution >= 4 is 24.0 Å². The molecular weight excluding hydrogens is 298 g/mol. The molecule has 0 saturated carbocycles. The quantitative estimate of drug-likeness (QED) is 0.845. The summed E-state index contributed by atoms with van der Waals surface area (Å²) in [4.78, 5) is 14.6. The van der Waals surface area contributed by atoms with E-state index in [1.54, 1.807) is 0 Å². The van der Waals surface area contributed by atoms with Crippen LogP contribution in [0, 0.1) is 13.8 Å². The van der Waals surface area contributed by atoms with Crippen molar-refractivity contribution in [2.24, 2.45) is 0 Å². The fraction of sp³-hybridized carbons (Fsp3) is 0.588. The summed E-state index contributed by atoms with van der Waals surface area (Å²) in [6, 6.07) is 6.56. The maximum Gasteiger partial charge on any atom is 0.238 e. The van der Waals surface area contributed by atoms with Crippen molar-refractivity contribution in [2.75, 3.05) is 31.5 Å². The van der Waals surface area contributed by atoms with Gasteiger partial charge in [0.1, 0.15) is 0 Å². The number of nitrogens with one attached hydrogen (secondary N) is 2. The lowest BCUT2D eigenvalue weighted by Gasteiger charge is -2.27. The number of carbonyl (C=O) groups is 1. The molecule has 1 unspecified atom stereocenters. The van der Waals surface area contributed by atoms with Crippen molar-refractivity contribution in [1.29, 1.82) is 0 Å². The van der Waals surface area contributed by atoms with Gasteiger partial charge in [-0.05, 0) is 63.0 Å². The molecule has 1 saturated heterocycles. The highest BCUT2D eigenvalue weighted by atomic mass is 35.5. The highest BCUT2D eigenvalue weighted by molar-refractivity contribution is 5.92. The summed E-state index contributed by atoms with van der Waals surface area (Å²) in [6.07, 6.45) is 2.21. The zero-order valence-corrected chi connectivity index (χ0v) is 14.6. The van der Waals surface area contributed by atoms with E-state index in [9.17, 15) is 4.79 Å². The van der Waals surface area contributed by atoms with E-state index in [0.29, 0.717) is 12.6 Å². The van der Waals surface area contributed by atoms with Gasteiger partial charge in [0.2, 0.25) is 5.91 Å². The summed E-state index contributed by atoms with van der Waals surface area (Å²) >= 11 is 0. The highest BCUT2D eigenvalue weighted by Crippen LogP contribution is 2.15. The van der Waals surface area contributed by atoms with Crippen molar-refractivity contribution in [1.82, 2.24) is 10.2 Å². The second kappa shape index (κ2) is 9.13. The minimum absolute atomic E-state index is 0. The van der Waals surface area contributed by atoms with Crippen molar-refractivity contribution < 1.29 is 4.79 Å². The molecule has 0 spiro atoms. The first-order valence-corrected chi connectivity index (χ1v) is 7.92. The first-order chi connectivity index (χ1) is 10.1. The maximum atomic E-state index is 12.3. The van der Waals surface area contributed by atoms with Gasteiger partial charge in [-0.15, -0.1) is 12.4 Å². The summed E-state index contributed by atoms with van der Waals surface area (Å²) in [5.41, 5.74) is 3.35. The van der Waals surface area contributed by atoms with Crippen LogP contribution in [0.15, 0.2) is 18.2 Å². The molecule has 1 heterocycles. The minimum Gasteiger partial charge on any atom is -0.325 e. The molecule has 1 atom stereocenters. The Kier molecular flexibility index (Phi) is 7.87. The molecule has 0 aromatic heterocycles. The van der Waals surface area contributed by atoms with Gasteiger partial charge >= 0.3 is 0 Å². The van der Waals surface area contributed by atoms with E-state index in [2.05, 4.69) is 42.4 Å². The average Bonchev–Trinajstić information content (AvgIpc) is 2.96. The van der Waals surface area contributed by atoms with E-state index in [1.165, 1.54) is 11.1 Å². The third-order valence-corrected chi connectivity index (χ3v) is 4.20. The molecule has 1 aliphatic rings. The predicted octanol–water partition coefficient (Wildman–Crippen LogP) is 2.74. The second-order valence-electron chi connectivity index (χ2n) is 5.96. The zero-order valence-electron chi connectivity index (χ0n) is 13.8. The molecule has 0 bridgehead atoms. The molecule has 0 aliphatic carbocycles. The number of benzene rings is 1. The van der Waals surface area contributed by atoms with Gasteiger partial charge in [-0.3, -0.25) is 9.69 Å². The summed E-state index contributed by atoms with van der Waals surface area (Å²) in [5.74, 6) is 0.0820. The molecule has 1 aliphatic heterocycles. The normalized spacial score (nSPS) is 17.4. The van der Waals surface area contributed by atoms with Crippen LogP contribution in [0.3, 0.4) is 0 Å². The van der Waals surface area contributed by atoms with Gasteiger partial charge in [0.25, 0.3) is 0 Å². The smallest absolute Gasteiger partial charge is 0.238 e. The molecule has 0 radical (unpaired) electrons. The molecule has 2 rings (SSSR count). The average molecular weight is 326 g/mol. The summed E-state index contributed by atoms with van der Waals surface area (Å²) in [6.45, 7) is 9.83. The number of amides is 1. The van der Waals surface area contributed by atoms with E-state index in [1.807, 2.05) is 12.1 Å². The van der Waals surface area contributed by atoms with Crippen molar-refractivity contribution in [3.63, 3.8) is 0 Å². The fourth-order valence-corrected chi connectivity index (χ4v) is 2.83. The van der Waals surface area contributed by atoms with Crippen molar-refractivity contribution in [2.45, 2.75) is 39.7 Å². The van der Waals surface area contributed by atoms with Crippen LogP contribution in [0.4, 0.5) is 5.69 Å². The SMILES string of the molecule is CCCN(CC(=O)Nc1ccc(C)c(C)c1)C1CCNC1.Cl. The Balaban J connectivity index is 0.00000242. The van der Waals surface area contributed by atoms with Crippen LogP contribution in [0.5, 0.6) is 0 Å². The third kappa shape index (κ3) is 5.27. The molecular formula is C17H28ClN3O. The molecule has 2 N–H and O–H groups in total. The van der Waals surface area contributed by atoms with Crippen LogP contribution in [0.2, 0.25) is 0 Å². The second-order valence-corrected chi connectivity index (χ2v) is 5.96. The standard InChI is InChI=1S/C17H27N3O.ClH/c1-4-9-20(16-7-8-18-11-16)12-17(21)19-15-6-5-13(2)14(3)10-15;/h5-6,10,16,18H,4,7-9,11-12H2,1-3H3,(H,19,21);1H. The third-order valence-electron chi connectivity index (χ3n) is 4.20. The Morgan fingerprint density at radius 2 is 2.14 bits per heavy atom. The van der Waals surface area contributed by atoms with E-state index >= 15 is 0 Å². The van der Waals surface area contributed by atoms with Gasteiger partial charge in [0, 0.05) is 18.3 Å². The number of hydrogen-bond acceptors (Lipinski definition) is 3. The van der Waals surface area contributed by atoms with Crippen LogP contribution < -0.4 is 10.6 Å². The first kappa shape index (κ1) is 18.9. The molecule has 22 heavy (non-hydrogen) atoms. The molecule has 1 aromatic rings.